The Bertz CT molecular complexity index is 282. The minimum absolute atomic E-state index is 0.895. The molecule has 1 rings (SSSR count). The van der Waals surface area contributed by atoms with Gasteiger partial charge in [0.05, 0.1) is 0 Å². The van der Waals surface area contributed by atoms with Gasteiger partial charge in [-0.15, -0.1) is 6.58 Å². The number of para-hydroxylation sites is 1. The van der Waals surface area contributed by atoms with Crippen molar-refractivity contribution in [2.45, 2.75) is 13.8 Å². The zero-order valence-corrected chi connectivity index (χ0v) is 8.67. The van der Waals surface area contributed by atoms with Gasteiger partial charge in [-0.2, -0.15) is 0 Å². The lowest BCUT2D eigenvalue weighted by Crippen LogP contribution is -2.18. The summed E-state index contributed by atoms with van der Waals surface area (Å²) >= 11 is 0. The molecular weight excluding hydrogens is 158 g/mol. The second-order valence-corrected chi connectivity index (χ2v) is 3.41. The summed E-state index contributed by atoms with van der Waals surface area (Å²) < 4.78 is 0. The molecule has 1 heteroatoms. The van der Waals surface area contributed by atoms with Crippen molar-refractivity contribution in [1.29, 1.82) is 0 Å². The van der Waals surface area contributed by atoms with E-state index in [1.165, 1.54) is 16.8 Å². The van der Waals surface area contributed by atoms with Gasteiger partial charge in [-0.25, -0.2) is 0 Å². The molecule has 0 atom stereocenters. The Labute approximate surface area is 80.7 Å². The van der Waals surface area contributed by atoms with E-state index in [-0.39, 0.29) is 0 Å². The predicted molar refractivity (Wildman–Crippen MR) is 59.4 cm³/mol. The summed E-state index contributed by atoms with van der Waals surface area (Å²) in [7, 11) is 2.09. The maximum Gasteiger partial charge on any atom is 0.0425 e. The first-order valence-corrected chi connectivity index (χ1v) is 4.55. The highest BCUT2D eigenvalue weighted by Crippen LogP contribution is 2.22. The first-order valence-electron chi connectivity index (χ1n) is 4.55. The molecule has 0 aliphatic heterocycles. The van der Waals surface area contributed by atoms with Gasteiger partial charge < -0.3 is 4.90 Å². The third-order valence-electron chi connectivity index (χ3n) is 2.22. The van der Waals surface area contributed by atoms with Crippen LogP contribution in [0, 0.1) is 13.8 Å². The van der Waals surface area contributed by atoms with Crippen molar-refractivity contribution >= 4 is 5.69 Å². The Morgan fingerprint density at radius 2 is 1.85 bits per heavy atom. The minimum atomic E-state index is 0.895. The summed E-state index contributed by atoms with van der Waals surface area (Å²) in [5, 5.41) is 0. The highest BCUT2D eigenvalue weighted by atomic mass is 15.1. The minimum Gasteiger partial charge on any atom is -0.370 e. The third kappa shape index (κ3) is 2.11. The summed E-state index contributed by atoms with van der Waals surface area (Å²) in [5.74, 6) is 0. The molecule has 0 aliphatic rings. The second kappa shape index (κ2) is 4.13. The molecule has 0 spiro atoms. The summed E-state index contributed by atoms with van der Waals surface area (Å²) in [6, 6.07) is 6.37. The summed E-state index contributed by atoms with van der Waals surface area (Å²) in [6.07, 6.45) is 1.92. The van der Waals surface area contributed by atoms with Crippen molar-refractivity contribution in [2.24, 2.45) is 0 Å². The fourth-order valence-electron chi connectivity index (χ4n) is 1.69. The molecule has 0 bridgehead atoms. The van der Waals surface area contributed by atoms with E-state index in [2.05, 4.69) is 50.6 Å². The maximum atomic E-state index is 3.74. The Morgan fingerprint density at radius 1 is 1.31 bits per heavy atom. The van der Waals surface area contributed by atoms with Crippen LogP contribution in [0.1, 0.15) is 11.1 Å². The van der Waals surface area contributed by atoms with Crippen LogP contribution in [0.25, 0.3) is 0 Å². The van der Waals surface area contributed by atoms with Crippen LogP contribution in [0.15, 0.2) is 30.9 Å². The number of aryl methyl sites for hydroxylation is 2. The van der Waals surface area contributed by atoms with E-state index >= 15 is 0 Å². The Kier molecular flexibility index (Phi) is 3.13. The lowest BCUT2D eigenvalue weighted by molar-refractivity contribution is 1.01. The number of nitrogens with zero attached hydrogens (tertiary/aromatic N) is 1. The Balaban J connectivity index is 3.04. The molecule has 70 valence electrons. The van der Waals surface area contributed by atoms with Crippen molar-refractivity contribution in [2.75, 3.05) is 18.5 Å². The van der Waals surface area contributed by atoms with E-state index in [0.717, 1.165) is 6.54 Å². The van der Waals surface area contributed by atoms with E-state index in [4.69, 9.17) is 0 Å². The number of likely N-dealkylation sites (N-methyl/N-ethyl adjacent to an activating group) is 1. The van der Waals surface area contributed by atoms with Gasteiger partial charge in [0.15, 0.2) is 0 Å². The molecule has 0 radical (unpaired) electrons. The number of rotatable bonds is 3. The van der Waals surface area contributed by atoms with Crippen LogP contribution in [-0.4, -0.2) is 13.6 Å². The average molecular weight is 175 g/mol. The third-order valence-corrected chi connectivity index (χ3v) is 2.22. The highest BCUT2D eigenvalue weighted by molar-refractivity contribution is 5.58. The molecule has 0 heterocycles. The molecular formula is C12H17N. The van der Waals surface area contributed by atoms with Gasteiger partial charge in [-0.05, 0) is 25.0 Å². The maximum absolute atomic E-state index is 3.74. The lowest BCUT2D eigenvalue weighted by atomic mass is 10.1. The van der Waals surface area contributed by atoms with E-state index in [1.807, 2.05) is 6.08 Å². The molecule has 0 aliphatic carbocycles. The van der Waals surface area contributed by atoms with Crippen LogP contribution in [0.4, 0.5) is 5.69 Å². The smallest absolute Gasteiger partial charge is 0.0425 e. The molecule has 0 saturated heterocycles. The van der Waals surface area contributed by atoms with Crippen molar-refractivity contribution in [3.05, 3.63) is 42.0 Å². The number of hydrogen-bond donors (Lipinski definition) is 0. The summed E-state index contributed by atoms with van der Waals surface area (Å²) in [5.41, 5.74) is 3.97. The Morgan fingerprint density at radius 3 is 2.31 bits per heavy atom. The second-order valence-electron chi connectivity index (χ2n) is 3.41. The standard InChI is InChI=1S/C12H17N/c1-5-9-13(4)12-10(2)7-6-8-11(12)3/h5-8H,1,9H2,2-4H3. The predicted octanol–water partition coefficient (Wildman–Crippen LogP) is 2.93. The zero-order valence-electron chi connectivity index (χ0n) is 8.67. The van der Waals surface area contributed by atoms with Crippen LogP contribution >= 0.6 is 0 Å². The SMILES string of the molecule is C=CCN(C)c1c(C)cccc1C. The quantitative estimate of drug-likeness (QED) is 0.638. The monoisotopic (exact) mass is 175 g/mol. The van der Waals surface area contributed by atoms with E-state index in [0.29, 0.717) is 0 Å². The number of benzene rings is 1. The molecule has 0 amide bonds. The van der Waals surface area contributed by atoms with E-state index in [9.17, 15) is 0 Å². The lowest BCUT2D eigenvalue weighted by Gasteiger charge is -2.21. The normalized spacial score (nSPS) is 9.77. The van der Waals surface area contributed by atoms with E-state index < -0.39 is 0 Å². The average Bonchev–Trinajstić information content (AvgIpc) is 2.04. The molecule has 0 saturated carbocycles. The van der Waals surface area contributed by atoms with Crippen molar-refractivity contribution in [3.8, 4) is 0 Å². The summed E-state index contributed by atoms with van der Waals surface area (Å²) in [4.78, 5) is 2.22. The van der Waals surface area contributed by atoms with Gasteiger partial charge in [-0.1, -0.05) is 24.3 Å². The van der Waals surface area contributed by atoms with Crippen molar-refractivity contribution < 1.29 is 0 Å². The van der Waals surface area contributed by atoms with Gasteiger partial charge in [0, 0.05) is 19.3 Å². The summed E-state index contributed by atoms with van der Waals surface area (Å²) in [6.45, 7) is 8.92. The van der Waals surface area contributed by atoms with Gasteiger partial charge in [0.25, 0.3) is 0 Å². The van der Waals surface area contributed by atoms with Crippen LogP contribution in [0.3, 0.4) is 0 Å². The van der Waals surface area contributed by atoms with Gasteiger partial charge in [-0.3, -0.25) is 0 Å². The number of anilines is 1. The Hall–Kier alpha value is -1.24. The van der Waals surface area contributed by atoms with Crippen LogP contribution in [-0.2, 0) is 0 Å². The molecule has 0 unspecified atom stereocenters. The van der Waals surface area contributed by atoms with Gasteiger partial charge >= 0.3 is 0 Å². The zero-order chi connectivity index (χ0) is 9.84. The fraction of sp³-hybridized carbons (Fsp3) is 0.333. The largest absolute Gasteiger partial charge is 0.370 e. The number of hydrogen-bond acceptors (Lipinski definition) is 1. The topological polar surface area (TPSA) is 3.24 Å². The molecule has 1 nitrogen and oxygen atoms in total. The fourth-order valence-corrected chi connectivity index (χ4v) is 1.69. The van der Waals surface area contributed by atoms with Crippen LogP contribution < -0.4 is 4.90 Å². The van der Waals surface area contributed by atoms with Crippen molar-refractivity contribution in [3.63, 3.8) is 0 Å². The van der Waals surface area contributed by atoms with Gasteiger partial charge in [0.2, 0.25) is 0 Å². The van der Waals surface area contributed by atoms with Crippen molar-refractivity contribution in [1.82, 2.24) is 0 Å². The molecule has 1 aromatic rings. The first kappa shape index (κ1) is 9.85. The van der Waals surface area contributed by atoms with E-state index in [1.54, 1.807) is 0 Å². The molecule has 0 N–H and O–H groups in total. The first-order chi connectivity index (χ1) is 6.16. The van der Waals surface area contributed by atoms with Crippen LogP contribution in [0.2, 0.25) is 0 Å². The highest BCUT2D eigenvalue weighted by Gasteiger charge is 2.04. The van der Waals surface area contributed by atoms with Gasteiger partial charge in [0.1, 0.15) is 0 Å². The molecule has 0 fully saturated rings. The molecule has 13 heavy (non-hydrogen) atoms. The van der Waals surface area contributed by atoms with Crippen LogP contribution in [0.5, 0.6) is 0 Å². The molecule has 0 aromatic heterocycles. The molecule has 1 aromatic carbocycles.